The van der Waals surface area contributed by atoms with E-state index >= 15 is 0 Å². The molecule has 6 nitrogen and oxygen atoms in total. The van der Waals surface area contributed by atoms with Crippen molar-refractivity contribution in [3.8, 4) is 5.75 Å². The smallest absolute Gasteiger partial charge is 0.240 e. The zero-order valence-corrected chi connectivity index (χ0v) is 21.4. The number of carbonyl (C=O) groups is 3. The molecule has 3 aromatic rings. The van der Waals surface area contributed by atoms with Crippen molar-refractivity contribution >= 4 is 56.9 Å². The summed E-state index contributed by atoms with van der Waals surface area (Å²) in [5.74, 6) is -1.98. The van der Waals surface area contributed by atoms with Gasteiger partial charge >= 0.3 is 0 Å². The Hall–Kier alpha value is -3.42. The lowest BCUT2D eigenvalue weighted by atomic mass is 9.83. The third-order valence-corrected chi connectivity index (χ3v) is 8.20. The molecule has 2 fully saturated rings. The first kappa shape index (κ1) is 23.0. The zero-order valence-electron chi connectivity index (χ0n) is 19.1. The van der Waals surface area contributed by atoms with Gasteiger partial charge in [-0.15, -0.1) is 0 Å². The predicted octanol–water partition coefficient (Wildman–Crippen LogP) is 5.51. The van der Waals surface area contributed by atoms with Gasteiger partial charge in [-0.2, -0.15) is 0 Å². The Kier molecular flexibility index (Phi) is 5.50. The van der Waals surface area contributed by atoms with Gasteiger partial charge in [0.2, 0.25) is 11.8 Å². The van der Waals surface area contributed by atoms with Crippen LogP contribution in [0.4, 0.5) is 5.69 Å². The lowest BCUT2D eigenvalue weighted by Crippen LogP contribution is -2.44. The number of anilines is 1. The van der Waals surface area contributed by atoms with E-state index in [2.05, 4.69) is 15.9 Å². The third kappa shape index (κ3) is 3.26. The number of ketones is 1. The Balaban J connectivity index is 1.50. The molecule has 0 saturated carbocycles. The van der Waals surface area contributed by atoms with Gasteiger partial charge in [0.1, 0.15) is 11.8 Å². The first-order valence-corrected chi connectivity index (χ1v) is 12.6. The van der Waals surface area contributed by atoms with Crippen LogP contribution in [0.5, 0.6) is 5.75 Å². The van der Waals surface area contributed by atoms with Gasteiger partial charge in [-0.3, -0.25) is 14.4 Å². The lowest BCUT2D eigenvalue weighted by Gasteiger charge is -2.35. The largest absolute Gasteiger partial charge is 0.496 e. The number of Topliss-reactive ketones (excluding diaryl/α,β-unsaturated/α-hetero) is 1. The molecule has 3 aromatic carbocycles. The van der Waals surface area contributed by atoms with Gasteiger partial charge in [0, 0.05) is 11.8 Å². The standard InChI is InChI=1S/C28H20BrClN2O4/c1-36-21-11-10-16(14-18(21)29)26(33)25-23-22(24-17-7-3-2-6-15(17)12-13-31(24)25)27(34)32(28(23)35)20-9-5-4-8-19(20)30/h2-14,22-25H,1H3/t22-,23+,24+,25+/m0/s1. The monoisotopic (exact) mass is 562 g/mol. The van der Waals surface area contributed by atoms with Crippen LogP contribution in [0.15, 0.2) is 77.4 Å². The molecule has 0 radical (unpaired) electrons. The maximum atomic E-state index is 14.0. The fourth-order valence-electron chi connectivity index (χ4n) is 5.72. The van der Waals surface area contributed by atoms with E-state index in [0.29, 0.717) is 26.5 Å². The molecule has 0 aliphatic carbocycles. The second-order valence-electron chi connectivity index (χ2n) is 9.01. The van der Waals surface area contributed by atoms with Crippen molar-refractivity contribution in [2.75, 3.05) is 12.0 Å². The number of halogens is 2. The number of rotatable bonds is 4. The Morgan fingerprint density at radius 3 is 2.44 bits per heavy atom. The number of carbonyl (C=O) groups excluding carboxylic acids is 3. The van der Waals surface area contributed by atoms with Gasteiger partial charge in [0.05, 0.1) is 40.2 Å². The van der Waals surface area contributed by atoms with Crippen LogP contribution in [0.3, 0.4) is 0 Å². The van der Waals surface area contributed by atoms with Crippen molar-refractivity contribution in [3.05, 3.63) is 99.1 Å². The molecule has 2 amide bonds. The molecule has 3 aliphatic rings. The van der Waals surface area contributed by atoms with E-state index in [9.17, 15) is 14.4 Å². The number of hydrogen-bond donors (Lipinski definition) is 0. The lowest BCUT2D eigenvalue weighted by molar-refractivity contribution is -0.123. The van der Waals surface area contributed by atoms with E-state index in [-0.39, 0.29) is 11.7 Å². The van der Waals surface area contributed by atoms with Gasteiger partial charge < -0.3 is 9.64 Å². The average molecular weight is 564 g/mol. The van der Waals surface area contributed by atoms with Crippen LogP contribution in [-0.4, -0.2) is 35.6 Å². The highest BCUT2D eigenvalue weighted by Crippen LogP contribution is 2.54. The minimum atomic E-state index is -0.858. The number of fused-ring (bicyclic) bond motifs is 5. The first-order valence-electron chi connectivity index (χ1n) is 11.5. The summed E-state index contributed by atoms with van der Waals surface area (Å²) < 4.78 is 5.94. The highest BCUT2D eigenvalue weighted by Gasteiger charge is 2.64. The van der Waals surface area contributed by atoms with Crippen molar-refractivity contribution in [1.29, 1.82) is 0 Å². The first-order chi connectivity index (χ1) is 17.4. The number of hydrogen-bond acceptors (Lipinski definition) is 5. The molecule has 3 aliphatic heterocycles. The topological polar surface area (TPSA) is 66.9 Å². The van der Waals surface area contributed by atoms with Gasteiger partial charge in [0.25, 0.3) is 0 Å². The molecule has 0 aromatic heterocycles. The third-order valence-electron chi connectivity index (χ3n) is 7.26. The molecule has 0 N–H and O–H groups in total. The molecule has 0 bridgehead atoms. The van der Waals surface area contributed by atoms with Crippen molar-refractivity contribution in [1.82, 2.24) is 4.90 Å². The number of amides is 2. The molecular formula is C28H20BrClN2O4. The molecule has 4 atom stereocenters. The summed E-state index contributed by atoms with van der Waals surface area (Å²) in [5, 5.41) is 0.307. The van der Waals surface area contributed by atoms with E-state index in [0.717, 1.165) is 11.1 Å². The number of nitrogens with zero attached hydrogens (tertiary/aromatic N) is 2. The van der Waals surface area contributed by atoms with Crippen LogP contribution in [0.2, 0.25) is 5.02 Å². The molecular weight excluding hydrogens is 544 g/mol. The summed E-state index contributed by atoms with van der Waals surface area (Å²) in [4.78, 5) is 44.9. The van der Waals surface area contributed by atoms with Gasteiger partial charge in [0.15, 0.2) is 5.78 Å². The maximum Gasteiger partial charge on any atom is 0.240 e. The minimum absolute atomic E-state index is 0.234. The van der Waals surface area contributed by atoms with Crippen molar-refractivity contribution in [2.24, 2.45) is 11.8 Å². The Morgan fingerprint density at radius 2 is 1.69 bits per heavy atom. The normalized spacial score (nSPS) is 24.0. The summed E-state index contributed by atoms with van der Waals surface area (Å²) in [6, 6.07) is 18.3. The van der Waals surface area contributed by atoms with Crippen LogP contribution in [0.1, 0.15) is 27.5 Å². The van der Waals surface area contributed by atoms with Crippen molar-refractivity contribution in [2.45, 2.75) is 12.1 Å². The molecule has 0 spiro atoms. The van der Waals surface area contributed by atoms with E-state index in [1.54, 1.807) is 49.6 Å². The molecule has 6 rings (SSSR count). The quantitative estimate of drug-likeness (QED) is 0.309. The SMILES string of the molecule is COc1ccc(C(=O)[C@H]2[C@@H]3C(=O)N(c4ccccc4Cl)C(=O)[C@@H]3[C@H]3c4ccccc4C=CN32)cc1Br. The Morgan fingerprint density at radius 1 is 0.972 bits per heavy atom. The van der Waals surface area contributed by atoms with Gasteiger partial charge in [-0.05, 0) is 63.5 Å². The van der Waals surface area contributed by atoms with Gasteiger partial charge in [-0.1, -0.05) is 48.0 Å². The van der Waals surface area contributed by atoms with E-state index in [1.807, 2.05) is 41.4 Å². The zero-order chi connectivity index (χ0) is 25.1. The number of imide groups is 1. The molecule has 3 heterocycles. The maximum absolute atomic E-state index is 14.0. The summed E-state index contributed by atoms with van der Waals surface area (Å²) in [7, 11) is 1.55. The number of benzene rings is 3. The van der Waals surface area contributed by atoms with Crippen LogP contribution < -0.4 is 9.64 Å². The fourth-order valence-corrected chi connectivity index (χ4v) is 6.48. The molecule has 36 heavy (non-hydrogen) atoms. The summed E-state index contributed by atoms with van der Waals surface area (Å²) in [5.41, 5.74) is 2.65. The average Bonchev–Trinajstić information content (AvgIpc) is 3.36. The second kappa shape index (κ2) is 8.61. The van der Waals surface area contributed by atoms with Crippen LogP contribution in [0, 0.1) is 11.8 Å². The fraction of sp³-hybridized carbons (Fsp3) is 0.179. The summed E-state index contributed by atoms with van der Waals surface area (Å²) in [6.07, 6.45) is 3.77. The second-order valence-corrected chi connectivity index (χ2v) is 10.3. The Bertz CT molecular complexity index is 1470. The highest BCUT2D eigenvalue weighted by molar-refractivity contribution is 9.10. The van der Waals surface area contributed by atoms with Gasteiger partial charge in [-0.25, -0.2) is 4.90 Å². The number of para-hydroxylation sites is 1. The molecule has 180 valence electrons. The van der Waals surface area contributed by atoms with Crippen LogP contribution in [-0.2, 0) is 9.59 Å². The molecule has 8 heteroatoms. The number of ether oxygens (including phenoxy) is 1. The number of methoxy groups -OCH3 is 1. The van der Waals surface area contributed by atoms with Crippen molar-refractivity contribution < 1.29 is 19.1 Å². The highest BCUT2D eigenvalue weighted by atomic mass is 79.9. The van der Waals surface area contributed by atoms with Crippen LogP contribution >= 0.6 is 27.5 Å². The minimum Gasteiger partial charge on any atom is -0.496 e. The van der Waals surface area contributed by atoms with Crippen molar-refractivity contribution in [3.63, 3.8) is 0 Å². The van der Waals surface area contributed by atoms with Crippen LogP contribution in [0.25, 0.3) is 6.08 Å². The summed E-state index contributed by atoms with van der Waals surface area (Å²) in [6.45, 7) is 0. The van der Waals surface area contributed by atoms with E-state index < -0.39 is 29.8 Å². The Labute approximate surface area is 221 Å². The van der Waals surface area contributed by atoms with E-state index in [1.165, 1.54) is 4.90 Å². The molecule has 0 unspecified atom stereocenters. The molecule has 2 saturated heterocycles. The summed E-state index contributed by atoms with van der Waals surface area (Å²) >= 11 is 9.85. The van der Waals surface area contributed by atoms with E-state index in [4.69, 9.17) is 16.3 Å². The predicted molar refractivity (Wildman–Crippen MR) is 140 cm³/mol.